The van der Waals surface area contributed by atoms with Crippen LogP contribution < -0.4 is 10.1 Å². The predicted octanol–water partition coefficient (Wildman–Crippen LogP) is 8.37. The van der Waals surface area contributed by atoms with Gasteiger partial charge in [0, 0.05) is 52.7 Å². The lowest BCUT2D eigenvalue weighted by Crippen LogP contribution is -2.19. The molecule has 0 amide bonds. The predicted molar refractivity (Wildman–Crippen MR) is 166 cm³/mol. The van der Waals surface area contributed by atoms with E-state index < -0.39 is 17.7 Å². The molecule has 5 rings (SSSR count). The molecule has 2 aromatic carbocycles. The van der Waals surface area contributed by atoms with E-state index in [9.17, 15) is 18.7 Å². The SMILES string of the molecule is CCc1cc(Nc2ccccc3c(-c4ccc(OC)c(F)c4F)cnc2-3)ccc1C(=O)CC(=N)CC(O)CC1CCCC1. The number of aliphatic hydroxyl groups is 1. The molecular formula is C35H37F2N3O3. The Morgan fingerprint density at radius 2 is 1.84 bits per heavy atom. The number of ketones is 1. The fraction of sp³-hybridized carbons (Fsp3) is 0.343. The average Bonchev–Trinajstić information content (AvgIpc) is 3.61. The quantitative estimate of drug-likeness (QED) is 0.115. The number of carbonyl (C=O) groups is 1. The molecule has 0 aromatic heterocycles. The second-order valence-corrected chi connectivity index (χ2v) is 11.3. The number of aliphatic hydroxyl groups excluding tert-OH is 1. The number of methoxy groups -OCH3 is 1. The standard InChI is InChI=1S/C35H37F2N3O3/c1-3-22-17-24(12-13-26(22)31(42)19-23(38)18-25(41)16-21-8-4-5-9-21)40-30-11-7-6-10-28-29(20-39-35(28)30)27-14-15-32(43-2)34(37)33(27)36/h6-7,10-15,17,20-21,25,38,40-41H,3-5,8-9,16,18-19H2,1-2H3. The molecule has 224 valence electrons. The third-order valence-corrected chi connectivity index (χ3v) is 8.32. The first-order valence-electron chi connectivity index (χ1n) is 14.9. The number of nitrogens with one attached hydrogen (secondary N) is 2. The second-order valence-electron chi connectivity index (χ2n) is 11.3. The third kappa shape index (κ3) is 6.75. The Labute approximate surface area is 251 Å². The number of aromatic nitrogens is 1. The molecule has 1 atom stereocenters. The van der Waals surface area contributed by atoms with Gasteiger partial charge in [-0.05, 0) is 60.7 Å². The van der Waals surface area contributed by atoms with E-state index in [0.29, 0.717) is 46.8 Å². The lowest BCUT2D eigenvalue weighted by molar-refractivity contribution is 0.0997. The van der Waals surface area contributed by atoms with Gasteiger partial charge in [-0.25, -0.2) is 4.39 Å². The number of halogens is 2. The van der Waals surface area contributed by atoms with Crippen LogP contribution in [0.1, 0.15) is 67.8 Å². The smallest absolute Gasteiger partial charge is 0.201 e. The van der Waals surface area contributed by atoms with Crippen LogP contribution in [0.2, 0.25) is 0 Å². The van der Waals surface area contributed by atoms with Gasteiger partial charge in [0.25, 0.3) is 0 Å². The van der Waals surface area contributed by atoms with Crippen molar-refractivity contribution >= 4 is 22.9 Å². The van der Waals surface area contributed by atoms with Gasteiger partial charge in [0.2, 0.25) is 5.82 Å². The van der Waals surface area contributed by atoms with Crippen molar-refractivity contribution in [3.05, 3.63) is 83.6 Å². The highest BCUT2D eigenvalue weighted by Crippen LogP contribution is 2.40. The van der Waals surface area contributed by atoms with E-state index in [-0.39, 0.29) is 35.6 Å². The molecule has 6 nitrogen and oxygen atoms in total. The average molecular weight is 586 g/mol. The Bertz CT molecular complexity index is 1600. The zero-order valence-electron chi connectivity index (χ0n) is 24.6. The van der Waals surface area contributed by atoms with Gasteiger partial charge >= 0.3 is 0 Å². The van der Waals surface area contributed by atoms with Crippen LogP contribution in [-0.2, 0) is 6.42 Å². The first-order chi connectivity index (χ1) is 20.8. The Kier molecular flexibility index (Phi) is 9.46. The van der Waals surface area contributed by atoms with Gasteiger partial charge in [-0.2, -0.15) is 4.39 Å². The largest absolute Gasteiger partial charge is 0.494 e. The van der Waals surface area contributed by atoms with E-state index >= 15 is 0 Å². The Morgan fingerprint density at radius 3 is 2.58 bits per heavy atom. The van der Waals surface area contributed by atoms with Gasteiger partial charge in [-0.15, -0.1) is 0 Å². The molecule has 0 spiro atoms. The van der Waals surface area contributed by atoms with Crippen LogP contribution in [0.3, 0.4) is 0 Å². The van der Waals surface area contributed by atoms with Crippen molar-refractivity contribution in [3.8, 4) is 28.1 Å². The number of rotatable bonds is 12. The number of benzene rings is 2. The number of fused-ring (bicyclic) bond motifs is 1. The summed E-state index contributed by atoms with van der Waals surface area (Å²) in [6, 6.07) is 15.7. The van der Waals surface area contributed by atoms with E-state index in [2.05, 4.69) is 10.3 Å². The highest BCUT2D eigenvalue weighted by molar-refractivity contribution is 6.09. The van der Waals surface area contributed by atoms with Crippen molar-refractivity contribution in [1.82, 2.24) is 4.98 Å². The van der Waals surface area contributed by atoms with Gasteiger partial charge in [0.15, 0.2) is 17.3 Å². The molecule has 1 aliphatic heterocycles. The van der Waals surface area contributed by atoms with Crippen LogP contribution in [0.15, 0.2) is 60.8 Å². The maximum Gasteiger partial charge on any atom is 0.201 e. The first kappa shape index (κ1) is 30.3. The second kappa shape index (κ2) is 13.4. The molecule has 2 aromatic rings. The molecule has 1 heterocycles. The monoisotopic (exact) mass is 585 g/mol. The first-order valence-corrected chi connectivity index (χ1v) is 14.9. The van der Waals surface area contributed by atoms with E-state index in [1.165, 1.54) is 38.3 Å². The number of aryl methyl sites for hydroxylation is 1. The van der Waals surface area contributed by atoms with Crippen LogP contribution in [0.25, 0.3) is 22.4 Å². The summed E-state index contributed by atoms with van der Waals surface area (Å²) in [5.41, 5.74) is 4.85. The highest BCUT2D eigenvalue weighted by atomic mass is 19.2. The van der Waals surface area contributed by atoms with Crippen molar-refractivity contribution in [3.63, 3.8) is 0 Å². The molecule has 1 unspecified atom stereocenters. The zero-order valence-corrected chi connectivity index (χ0v) is 24.6. The molecule has 0 bridgehead atoms. The Hall–Kier alpha value is -4.17. The summed E-state index contributed by atoms with van der Waals surface area (Å²) in [5, 5.41) is 22.2. The van der Waals surface area contributed by atoms with Crippen LogP contribution in [-0.4, -0.2) is 34.8 Å². The molecule has 0 saturated heterocycles. The van der Waals surface area contributed by atoms with Crippen LogP contribution in [0.5, 0.6) is 5.75 Å². The zero-order chi connectivity index (χ0) is 30.5. The minimum absolute atomic E-state index is 0.0145. The van der Waals surface area contributed by atoms with Crippen molar-refractivity contribution < 1.29 is 23.4 Å². The summed E-state index contributed by atoms with van der Waals surface area (Å²) in [6.45, 7) is 1.97. The van der Waals surface area contributed by atoms with E-state index in [4.69, 9.17) is 10.1 Å². The number of ether oxygens (including phenoxy) is 1. The van der Waals surface area contributed by atoms with Gasteiger partial charge in [0.1, 0.15) is 0 Å². The fourth-order valence-corrected chi connectivity index (χ4v) is 6.13. The summed E-state index contributed by atoms with van der Waals surface area (Å²) in [4.78, 5) is 17.7. The van der Waals surface area contributed by atoms with Crippen molar-refractivity contribution in [2.24, 2.45) is 5.92 Å². The summed E-state index contributed by atoms with van der Waals surface area (Å²) in [6.07, 6.45) is 7.18. The molecular weight excluding hydrogens is 548 g/mol. The minimum atomic E-state index is -1.05. The van der Waals surface area contributed by atoms with Crippen LogP contribution in [0.4, 0.5) is 20.2 Å². The lowest BCUT2D eigenvalue weighted by Gasteiger charge is -2.16. The molecule has 0 radical (unpaired) electrons. The topological polar surface area (TPSA) is 95.3 Å². The molecule has 1 saturated carbocycles. The number of carbonyl (C=O) groups excluding carboxylic acids is 1. The van der Waals surface area contributed by atoms with Gasteiger partial charge in [-0.1, -0.05) is 50.8 Å². The molecule has 8 heteroatoms. The Morgan fingerprint density at radius 1 is 1.07 bits per heavy atom. The van der Waals surface area contributed by atoms with Crippen LogP contribution >= 0.6 is 0 Å². The normalized spacial score (nSPS) is 14.2. The Balaban J connectivity index is 1.31. The number of hydrogen-bond donors (Lipinski definition) is 3. The third-order valence-electron chi connectivity index (χ3n) is 8.32. The molecule has 1 fully saturated rings. The fourth-order valence-electron chi connectivity index (χ4n) is 6.13. The number of nitrogens with zero attached hydrogens (tertiary/aromatic N) is 1. The van der Waals surface area contributed by atoms with Gasteiger partial charge < -0.3 is 20.6 Å². The van der Waals surface area contributed by atoms with Gasteiger partial charge in [0.05, 0.1) is 24.6 Å². The maximum absolute atomic E-state index is 14.9. The summed E-state index contributed by atoms with van der Waals surface area (Å²) >= 11 is 0. The number of anilines is 2. The number of hydrogen-bond acceptors (Lipinski definition) is 6. The molecule has 3 aliphatic rings. The van der Waals surface area contributed by atoms with E-state index in [1.807, 2.05) is 43.3 Å². The maximum atomic E-state index is 14.9. The van der Waals surface area contributed by atoms with Crippen LogP contribution in [0, 0.1) is 23.0 Å². The highest BCUT2D eigenvalue weighted by Gasteiger charge is 2.23. The van der Waals surface area contributed by atoms with Gasteiger partial charge in [-0.3, -0.25) is 9.78 Å². The van der Waals surface area contributed by atoms with E-state index in [1.54, 1.807) is 6.07 Å². The molecule has 3 N–H and O–H groups in total. The van der Waals surface area contributed by atoms with Crippen molar-refractivity contribution in [2.75, 3.05) is 12.4 Å². The summed E-state index contributed by atoms with van der Waals surface area (Å²) in [5.74, 6) is -1.82. The van der Waals surface area contributed by atoms with E-state index in [0.717, 1.165) is 24.1 Å². The molecule has 43 heavy (non-hydrogen) atoms. The summed E-state index contributed by atoms with van der Waals surface area (Å²) < 4.78 is 34.3. The van der Waals surface area contributed by atoms with Crippen molar-refractivity contribution in [1.29, 1.82) is 5.41 Å². The summed E-state index contributed by atoms with van der Waals surface area (Å²) in [7, 11) is 1.29. The minimum Gasteiger partial charge on any atom is -0.494 e. The lowest BCUT2D eigenvalue weighted by atomic mass is 9.93. The van der Waals surface area contributed by atoms with Crippen molar-refractivity contribution in [2.45, 2.75) is 64.4 Å². The molecule has 2 aliphatic carbocycles. The number of Topliss-reactive ketones (excluding diaryl/α,β-unsaturated/α-hetero) is 1.